The summed E-state index contributed by atoms with van der Waals surface area (Å²) in [4.78, 5) is 13.6. The number of hydrogen-bond acceptors (Lipinski definition) is 4. The van der Waals surface area contributed by atoms with E-state index in [4.69, 9.17) is 17.0 Å². The van der Waals surface area contributed by atoms with Gasteiger partial charge in [0.2, 0.25) is 0 Å². The molecule has 0 fully saturated rings. The molecule has 2 aromatic carbocycles. The Morgan fingerprint density at radius 1 is 1.06 bits per heavy atom. The average Bonchev–Trinajstić information content (AvgIpc) is 3.10. The zero-order chi connectivity index (χ0) is 22.0. The molecule has 0 saturated heterocycles. The first-order chi connectivity index (χ1) is 14.8. The molecule has 2 aliphatic rings. The summed E-state index contributed by atoms with van der Waals surface area (Å²) in [6.07, 6.45) is 3.26. The number of nitrogens with one attached hydrogen (secondary N) is 2. The Balaban J connectivity index is 1.55. The minimum Gasteiger partial charge on any atom is -0.494 e. The molecule has 0 spiro atoms. The van der Waals surface area contributed by atoms with Gasteiger partial charge in [-0.1, -0.05) is 50.3 Å². The Bertz CT molecular complexity index is 999. The lowest BCUT2D eigenvalue weighted by Crippen LogP contribution is -2.39. The molecular weight excluding hydrogens is 404 g/mol. The summed E-state index contributed by atoms with van der Waals surface area (Å²) in [6, 6.07) is 16.5. The number of carbonyl (C=O) groups excluding carboxylic acids is 1. The van der Waals surface area contributed by atoms with Crippen LogP contribution in [-0.4, -0.2) is 23.4 Å². The Morgan fingerprint density at radius 2 is 1.71 bits per heavy atom. The van der Waals surface area contributed by atoms with E-state index in [-0.39, 0.29) is 17.2 Å². The van der Waals surface area contributed by atoms with Crippen molar-refractivity contribution in [2.24, 2.45) is 5.41 Å². The van der Waals surface area contributed by atoms with Gasteiger partial charge in [-0.15, -0.1) is 0 Å². The number of carbonyl (C=O) groups is 1. The van der Waals surface area contributed by atoms with E-state index in [1.807, 2.05) is 31.2 Å². The first-order valence-electron chi connectivity index (χ1n) is 11.0. The molecule has 2 N–H and O–H groups in total. The SMILES string of the molecule is CCOc1ccc(NC(=S)C2=C(NC3Cc4ccccc4C3)CC(C)(C)CC2=O)cc1. The van der Waals surface area contributed by atoms with Crippen molar-refractivity contribution in [3.05, 3.63) is 70.9 Å². The van der Waals surface area contributed by atoms with Crippen LogP contribution in [0, 0.1) is 5.41 Å². The molecule has 0 amide bonds. The number of Topliss-reactive ketones (excluding diaryl/α,β-unsaturated/α-hetero) is 1. The summed E-state index contributed by atoms with van der Waals surface area (Å²) < 4.78 is 5.51. The van der Waals surface area contributed by atoms with Crippen LogP contribution >= 0.6 is 12.2 Å². The van der Waals surface area contributed by atoms with Gasteiger partial charge in [0.25, 0.3) is 0 Å². The van der Waals surface area contributed by atoms with Gasteiger partial charge in [-0.2, -0.15) is 0 Å². The van der Waals surface area contributed by atoms with E-state index in [0.717, 1.165) is 36.4 Å². The van der Waals surface area contributed by atoms with Crippen LogP contribution < -0.4 is 15.4 Å². The van der Waals surface area contributed by atoms with Gasteiger partial charge in [-0.25, -0.2) is 0 Å². The largest absolute Gasteiger partial charge is 0.494 e. The van der Waals surface area contributed by atoms with Crippen LogP contribution in [0.4, 0.5) is 5.69 Å². The maximum Gasteiger partial charge on any atom is 0.168 e. The highest BCUT2D eigenvalue weighted by Crippen LogP contribution is 2.37. The van der Waals surface area contributed by atoms with Crippen molar-refractivity contribution >= 4 is 28.7 Å². The predicted octanol–water partition coefficient (Wildman–Crippen LogP) is 5.22. The second kappa shape index (κ2) is 8.83. The van der Waals surface area contributed by atoms with E-state index in [1.165, 1.54) is 11.1 Å². The topological polar surface area (TPSA) is 50.4 Å². The van der Waals surface area contributed by atoms with E-state index >= 15 is 0 Å². The fourth-order valence-electron chi connectivity index (χ4n) is 4.61. The number of ether oxygens (including phenoxy) is 1. The third kappa shape index (κ3) is 4.99. The zero-order valence-corrected chi connectivity index (χ0v) is 19.3. The van der Waals surface area contributed by atoms with Crippen LogP contribution in [0.25, 0.3) is 0 Å². The van der Waals surface area contributed by atoms with E-state index in [9.17, 15) is 4.79 Å². The highest BCUT2D eigenvalue weighted by Gasteiger charge is 2.36. The van der Waals surface area contributed by atoms with Crippen molar-refractivity contribution in [1.29, 1.82) is 0 Å². The quantitative estimate of drug-likeness (QED) is 0.610. The second-order valence-electron chi connectivity index (χ2n) is 9.22. The van der Waals surface area contributed by atoms with Gasteiger partial charge in [0.1, 0.15) is 10.7 Å². The lowest BCUT2D eigenvalue weighted by Gasteiger charge is -2.34. The van der Waals surface area contributed by atoms with Crippen molar-refractivity contribution in [1.82, 2.24) is 5.32 Å². The molecule has 4 rings (SSSR count). The van der Waals surface area contributed by atoms with Gasteiger partial charge < -0.3 is 15.4 Å². The van der Waals surface area contributed by atoms with Gasteiger partial charge in [0, 0.05) is 23.8 Å². The number of thiocarbonyl (C=S) groups is 1. The van der Waals surface area contributed by atoms with Crippen LogP contribution in [-0.2, 0) is 17.6 Å². The van der Waals surface area contributed by atoms with Crippen molar-refractivity contribution in [2.75, 3.05) is 11.9 Å². The highest BCUT2D eigenvalue weighted by molar-refractivity contribution is 7.81. The summed E-state index contributed by atoms with van der Waals surface area (Å²) in [5.41, 5.74) is 5.16. The molecule has 31 heavy (non-hydrogen) atoms. The number of anilines is 1. The zero-order valence-electron chi connectivity index (χ0n) is 18.5. The summed E-state index contributed by atoms with van der Waals surface area (Å²) >= 11 is 5.72. The van der Waals surface area contributed by atoms with Crippen LogP contribution in [0.1, 0.15) is 44.7 Å². The van der Waals surface area contributed by atoms with E-state index in [2.05, 4.69) is 48.7 Å². The van der Waals surface area contributed by atoms with Crippen molar-refractivity contribution in [2.45, 2.75) is 52.5 Å². The normalized spacial score (nSPS) is 18.0. The molecule has 162 valence electrons. The molecule has 0 heterocycles. The average molecular weight is 435 g/mol. The molecule has 0 unspecified atom stereocenters. The van der Waals surface area contributed by atoms with Gasteiger partial charge in [-0.05, 0) is 67.0 Å². The number of fused-ring (bicyclic) bond motifs is 1. The van der Waals surface area contributed by atoms with Gasteiger partial charge >= 0.3 is 0 Å². The predicted molar refractivity (Wildman–Crippen MR) is 130 cm³/mol. The Kier molecular flexibility index (Phi) is 6.15. The lowest BCUT2D eigenvalue weighted by molar-refractivity contribution is -0.117. The number of allylic oxidation sites excluding steroid dienone is 1. The Morgan fingerprint density at radius 3 is 2.32 bits per heavy atom. The molecule has 0 aliphatic heterocycles. The molecule has 2 aromatic rings. The van der Waals surface area contributed by atoms with Crippen LogP contribution in [0.3, 0.4) is 0 Å². The maximum absolute atomic E-state index is 13.1. The summed E-state index contributed by atoms with van der Waals surface area (Å²) in [7, 11) is 0. The standard InChI is InChI=1S/C26H30N2O2S/c1-4-30-21-11-9-19(10-12-21)28-25(31)24-22(15-26(2,3)16-23(24)29)27-20-13-17-7-5-6-8-18(17)14-20/h5-12,20,27H,4,13-16H2,1-3H3,(H,28,31). The Hall–Kier alpha value is -2.66. The van der Waals surface area contributed by atoms with Crippen LogP contribution in [0.5, 0.6) is 5.75 Å². The number of hydrogen-bond donors (Lipinski definition) is 2. The number of ketones is 1. The highest BCUT2D eigenvalue weighted by atomic mass is 32.1. The molecule has 0 bridgehead atoms. The van der Waals surface area contributed by atoms with E-state index in [0.29, 0.717) is 23.6 Å². The smallest absolute Gasteiger partial charge is 0.168 e. The molecular formula is C26H30N2O2S. The minimum absolute atomic E-state index is 0.0802. The molecule has 0 radical (unpaired) electrons. The third-order valence-electron chi connectivity index (χ3n) is 5.95. The molecule has 2 aliphatic carbocycles. The third-order valence-corrected chi connectivity index (χ3v) is 6.26. The minimum atomic E-state index is -0.0802. The monoisotopic (exact) mass is 434 g/mol. The lowest BCUT2D eigenvalue weighted by atomic mass is 9.75. The Labute approximate surface area is 190 Å². The molecule has 0 aromatic heterocycles. The fourth-order valence-corrected chi connectivity index (χ4v) is 4.96. The van der Waals surface area contributed by atoms with E-state index < -0.39 is 0 Å². The maximum atomic E-state index is 13.1. The van der Waals surface area contributed by atoms with Crippen LogP contribution in [0.15, 0.2) is 59.8 Å². The number of benzene rings is 2. The summed E-state index contributed by atoms with van der Waals surface area (Å²) in [5, 5.41) is 6.97. The van der Waals surface area contributed by atoms with Gasteiger partial charge in [0.15, 0.2) is 5.78 Å². The fraction of sp³-hybridized carbons (Fsp3) is 0.385. The summed E-state index contributed by atoms with van der Waals surface area (Å²) in [5.74, 6) is 0.925. The van der Waals surface area contributed by atoms with Crippen molar-refractivity contribution in [3.8, 4) is 5.75 Å². The van der Waals surface area contributed by atoms with Gasteiger partial charge in [0.05, 0.1) is 12.2 Å². The van der Waals surface area contributed by atoms with Gasteiger partial charge in [-0.3, -0.25) is 4.79 Å². The first-order valence-corrected chi connectivity index (χ1v) is 11.4. The molecule has 4 nitrogen and oxygen atoms in total. The van der Waals surface area contributed by atoms with Crippen LogP contribution in [0.2, 0.25) is 0 Å². The van der Waals surface area contributed by atoms with E-state index in [1.54, 1.807) is 0 Å². The summed E-state index contributed by atoms with van der Waals surface area (Å²) in [6.45, 7) is 6.88. The van der Waals surface area contributed by atoms with Crippen molar-refractivity contribution < 1.29 is 9.53 Å². The molecule has 0 atom stereocenters. The molecule has 5 heteroatoms. The first kappa shape index (κ1) is 21.6. The number of rotatable bonds is 6. The second-order valence-corrected chi connectivity index (χ2v) is 9.63. The van der Waals surface area contributed by atoms with Crippen molar-refractivity contribution in [3.63, 3.8) is 0 Å². The molecule has 0 saturated carbocycles.